The van der Waals surface area contributed by atoms with E-state index in [0.29, 0.717) is 0 Å². The van der Waals surface area contributed by atoms with E-state index in [9.17, 15) is 8.78 Å². The van der Waals surface area contributed by atoms with E-state index in [2.05, 4.69) is 32.7 Å². The van der Waals surface area contributed by atoms with E-state index in [1.165, 1.54) is 18.3 Å². The number of hydrogen-bond donors (Lipinski definition) is 0. The van der Waals surface area contributed by atoms with Crippen molar-refractivity contribution in [3.63, 3.8) is 0 Å². The Morgan fingerprint density at radius 3 is 2.13 bits per heavy atom. The van der Waals surface area contributed by atoms with Crippen LogP contribution in [0.15, 0.2) is 42.7 Å². The fraction of sp³-hybridized carbons (Fsp3) is 0.450. The average Bonchev–Trinajstić information content (AvgIpc) is 2.48. The molecule has 0 aliphatic heterocycles. The lowest BCUT2D eigenvalue weighted by Gasteiger charge is -2.31. The molecule has 0 aliphatic carbocycles. The predicted molar refractivity (Wildman–Crippen MR) is 90.3 cm³/mol. The number of pyridine rings is 1. The van der Waals surface area contributed by atoms with Gasteiger partial charge < -0.3 is 0 Å². The summed E-state index contributed by atoms with van der Waals surface area (Å²) < 4.78 is 26.4. The molecule has 0 bridgehead atoms. The topological polar surface area (TPSA) is 12.9 Å². The molecule has 2 rings (SSSR count). The van der Waals surface area contributed by atoms with E-state index in [1.54, 1.807) is 12.3 Å². The minimum atomic E-state index is -0.291. The van der Waals surface area contributed by atoms with E-state index in [1.807, 2.05) is 12.1 Å². The Morgan fingerprint density at radius 1 is 0.870 bits per heavy atom. The maximum atomic E-state index is 13.4. The van der Waals surface area contributed by atoms with E-state index in [4.69, 9.17) is 0 Å². The molecule has 0 saturated heterocycles. The molecule has 1 aromatic carbocycles. The van der Waals surface area contributed by atoms with Gasteiger partial charge >= 0.3 is 0 Å². The molecule has 0 N–H and O–H groups in total. The summed E-state index contributed by atoms with van der Waals surface area (Å²) >= 11 is 0. The average molecular weight is 317 g/mol. The minimum absolute atomic E-state index is 0.0931. The van der Waals surface area contributed by atoms with E-state index >= 15 is 0 Å². The van der Waals surface area contributed by atoms with Gasteiger partial charge in [-0.15, -0.1) is 0 Å². The van der Waals surface area contributed by atoms with Crippen molar-refractivity contribution in [1.29, 1.82) is 0 Å². The first-order chi connectivity index (χ1) is 10.7. The second kappa shape index (κ2) is 6.77. The van der Waals surface area contributed by atoms with Gasteiger partial charge in [-0.1, -0.05) is 39.8 Å². The smallest absolute Gasteiger partial charge is 0.141 e. The molecule has 0 unspecified atom stereocenters. The Labute approximate surface area is 137 Å². The first-order valence-corrected chi connectivity index (χ1v) is 8.03. The molecule has 0 amide bonds. The number of aromatic nitrogens is 1. The van der Waals surface area contributed by atoms with Crippen LogP contribution in [0.5, 0.6) is 0 Å². The summed E-state index contributed by atoms with van der Waals surface area (Å²) in [4.78, 5) is 3.96. The zero-order chi connectivity index (χ0) is 17.1. The molecular weight excluding hydrogens is 292 g/mol. The first-order valence-electron chi connectivity index (χ1n) is 8.03. The highest BCUT2D eigenvalue weighted by molar-refractivity contribution is 5.21. The summed E-state index contributed by atoms with van der Waals surface area (Å²) in [6.07, 6.45) is 5.80. The van der Waals surface area contributed by atoms with Gasteiger partial charge in [0.25, 0.3) is 0 Å². The summed E-state index contributed by atoms with van der Waals surface area (Å²) in [5, 5.41) is 0. The van der Waals surface area contributed by atoms with Gasteiger partial charge in [-0.3, -0.25) is 4.98 Å². The lowest BCUT2D eigenvalue weighted by atomic mass is 9.73. The van der Waals surface area contributed by atoms with Crippen LogP contribution in [0.1, 0.15) is 51.7 Å². The van der Waals surface area contributed by atoms with Crippen LogP contribution in [-0.2, 0) is 11.8 Å². The molecule has 3 heteroatoms. The third-order valence-electron chi connectivity index (χ3n) is 4.51. The molecule has 1 heterocycles. The van der Waals surface area contributed by atoms with Crippen molar-refractivity contribution in [2.24, 2.45) is 5.41 Å². The van der Waals surface area contributed by atoms with Crippen molar-refractivity contribution < 1.29 is 8.78 Å². The quantitative estimate of drug-likeness (QED) is 0.667. The maximum Gasteiger partial charge on any atom is 0.141 e. The van der Waals surface area contributed by atoms with Crippen LogP contribution in [0, 0.1) is 17.0 Å². The van der Waals surface area contributed by atoms with Crippen molar-refractivity contribution in [2.75, 3.05) is 0 Å². The first kappa shape index (κ1) is 17.6. The van der Waals surface area contributed by atoms with Crippen LogP contribution in [-0.4, -0.2) is 4.98 Å². The van der Waals surface area contributed by atoms with E-state index in [-0.39, 0.29) is 22.5 Å². The Hall–Kier alpha value is -1.77. The molecule has 0 saturated carbocycles. The molecule has 0 spiro atoms. The standard InChI is InChI=1S/C20H25F2N/c1-19(2,12-15-5-7-17(21)8-6-15)9-10-20(3,4)16-11-18(22)14-23-13-16/h5-8,11,13-14H,9-10,12H2,1-4H3. The van der Waals surface area contributed by atoms with Crippen molar-refractivity contribution >= 4 is 0 Å². The SMILES string of the molecule is CC(C)(CCC(C)(C)c1cncc(F)c1)Cc1ccc(F)cc1. The van der Waals surface area contributed by atoms with Crippen molar-refractivity contribution in [3.05, 3.63) is 65.5 Å². The second-order valence-corrected chi connectivity index (χ2v) is 7.74. The van der Waals surface area contributed by atoms with Gasteiger partial charge in [0.1, 0.15) is 11.6 Å². The third kappa shape index (κ3) is 5.12. The highest BCUT2D eigenvalue weighted by Crippen LogP contribution is 2.35. The fourth-order valence-corrected chi connectivity index (χ4v) is 2.82. The Kier molecular flexibility index (Phi) is 5.18. The van der Waals surface area contributed by atoms with Gasteiger partial charge in [-0.25, -0.2) is 8.78 Å². The van der Waals surface area contributed by atoms with Crippen molar-refractivity contribution in [1.82, 2.24) is 4.98 Å². The van der Waals surface area contributed by atoms with Crippen molar-refractivity contribution in [3.8, 4) is 0 Å². The highest BCUT2D eigenvalue weighted by Gasteiger charge is 2.26. The molecule has 0 aliphatic rings. The Morgan fingerprint density at radius 2 is 1.52 bits per heavy atom. The molecule has 1 nitrogen and oxygen atoms in total. The van der Waals surface area contributed by atoms with Gasteiger partial charge in [0, 0.05) is 6.20 Å². The molecular formula is C20H25F2N. The number of benzene rings is 1. The zero-order valence-electron chi connectivity index (χ0n) is 14.4. The minimum Gasteiger partial charge on any atom is -0.261 e. The molecule has 1 aromatic heterocycles. The normalized spacial score (nSPS) is 12.4. The summed E-state index contributed by atoms with van der Waals surface area (Å²) in [6.45, 7) is 8.68. The number of nitrogens with zero attached hydrogens (tertiary/aromatic N) is 1. The maximum absolute atomic E-state index is 13.4. The van der Waals surface area contributed by atoms with Crippen LogP contribution in [0.4, 0.5) is 8.78 Å². The molecule has 124 valence electrons. The van der Waals surface area contributed by atoms with Gasteiger partial charge in [-0.05, 0) is 59.4 Å². The van der Waals surface area contributed by atoms with E-state index in [0.717, 1.165) is 30.4 Å². The molecule has 0 radical (unpaired) electrons. The van der Waals surface area contributed by atoms with Crippen molar-refractivity contribution in [2.45, 2.75) is 52.4 Å². The van der Waals surface area contributed by atoms with E-state index < -0.39 is 0 Å². The summed E-state index contributed by atoms with van der Waals surface area (Å²) in [7, 11) is 0. The molecule has 23 heavy (non-hydrogen) atoms. The van der Waals surface area contributed by atoms with Crippen LogP contribution < -0.4 is 0 Å². The molecule has 0 atom stereocenters. The number of hydrogen-bond acceptors (Lipinski definition) is 1. The fourth-order valence-electron chi connectivity index (χ4n) is 2.82. The Bertz CT molecular complexity index is 645. The molecule has 0 fully saturated rings. The van der Waals surface area contributed by atoms with Crippen LogP contribution in [0.2, 0.25) is 0 Å². The lowest BCUT2D eigenvalue weighted by molar-refractivity contribution is 0.284. The van der Waals surface area contributed by atoms with Gasteiger partial charge in [0.05, 0.1) is 6.20 Å². The summed E-state index contributed by atoms with van der Waals surface area (Å²) in [6, 6.07) is 8.28. The highest BCUT2D eigenvalue weighted by atomic mass is 19.1. The van der Waals surface area contributed by atoms with Gasteiger partial charge in [0.2, 0.25) is 0 Å². The van der Waals surface area contributed by atoms with Gasteiger partial charge in [-0.2, -0.15) is 0 Å². The third-order valence-corrected chi connectivity index (χ3v) is 4.51. The molecule has 2 aromatic rings. The van der Waals surface area contributed by atoms with Crippen LogP contribution >= 0.6 is 0 Å². The summed E-state index contributed by atoms with van der Waals surface area (Å²) in [5.41, 5.74) is 2.03. The summed E-state index contributed by atoms with van der Waals surface area (Å²) in [5.74, 6) is -0.493. The monoisotopic (exact) mass is 317 g/mol. The van der Waals surface area contributed by atoms with Crippen LogP contribution in [0.25, 0.3) is 0 Å². The second-order valence-electron chi connectivity index (χ2n) is 7.74. The number of halogens is 2. The zero-order valence-corrected chi connectivity index (χ0v) is 14.4. The largest absolute Gasteiger partial charge is 0.261 e. The van der Waals surface area contributed by atoms with Gasteiger partial charge in [0.15, 0.2) is 0 Å². The number of rotatable bonds is 6. The lowest BCUT2D eigenvalue weighted by Crippen LogP contribution is -2.23. The predicted octanol–water partition coefficient (Wildman–Crippen LogP) is 5.69. The van der Waals surface area contributed by atoms with Crippen LogP contribution in [0.3, 0.4) is 0 Å². The Balaban J connectivity index is 2.01.